The Morgan fingerprint density at radius 3 is 2.00 bits per heavy atom. The van der Waals surface area contributed by atoms with Gasteiger partial charge in [0.1, 0.15) is 6.61 Å². The van der Waals surface area contributed by atoms with E-state index in [0.717, 1.165) is 12.8 Å². The summed E-state index contributed by atoms with van der Waals surface area (Å²) >= 11 is 0. The molecule has 0 amide bonds. The van der Waals surface area contributed by atoms with E-state index in [-0.39, 0.29) is 5.78 Å². The third kappa shape index (κ3) is 9.54. The topological polar surface area (TPSA) is 37.0 Å². The van der Waals surface area contributed by atoms with Crippen LogP contribution in [0.5, 0.6) is 0 Å². The largest absolute Gasteiger partial charge is 0.297 e. The number of carbonyl (C=O) groups is 1. The summed E-state index contributed by atoms with van der Waals surface area (Å²) in [7, 11) is 0. The van der Waals surface area contributed by atoms with Crippen molar-refractivity contribution in [2.24, 2.45) is 0 Å². The van der Waals surface area contributed by atoms with Gasteiger partial charge in [-0.2, -0.15) is 0 Å². The minimum Gasteiger partial charge on any atom is -0.297 e. The van der Waals surface area contributed by atoms with E-state index in [1.54, 1.807) is 0 Å². The Labute approximate surface area is 81.3 Å². The van der Waals surface area contributed by atoms with Gasteiger partial charge < -0.3 is 0 Å². The van der Waals surface area contributed by atoms with Gasteiger partial charge in [0.25, 0.3) is 0 Å². The zero-order chi connectivity index (χ0) is 9.94. The minimum absolute atomic E-state index is 0.131. The van der Waals surface area contributed by atoms with Crippen LogP contribution in [-0.4, -0.2) is 12.4 Å². The number of unbranched alkanes of at least 4 members (excludes halogenated alkanes) is 6. The molecule has 2 heteroatoms. The summed E-state index contributed by atoms with van der Waals surface area (Å²) in [5.74, 6) is -0.131. The Balaban J connectivity index is 2.95. The normalized spacial score (nSPS) is 10.3. The Morgan fingerprint density at radius 2 is 1.46 bits per heavy atom. The number of Topliss-reactive ketones (excluding diaryl/α,β-unsaturated/α-hetero) is 1. The van der Waals surface area contributed by atoms with Gasteiger partial charge in [0, 0.05) is 6.42 Å². The number of carbonyl (C=O) groups excluding carboxylic acids is 1. The third-order valence-electron chi connectivity index (χ3n) is 2.22. The van der Waals surface area contributed by atoms with Gasteiger partial charge in [0.15, 0.2) is 5.78 Å². The van der Waals surface area contributed by atoms with Crippen molar-refractivity contribution in [3.05, 3.63) is 0 Å². The van der Waals surface area contributed by atoms with Crippen LogP contribution in [0.4, 0.5) is 0 Å². The third-order valence-corrected chi connectivity index (χ3v) is 2.22. The molecule has 0 saturated carbocycles. The van der Waals surface area contributed by atoms with E-state index in [1.807, 2.05) is 0 Å². The molecule has 77 valence electrons. The van der Waals surface area contributed by atoms with Crippen LogP contribution in [0.2, 0.25) is 0 Å². The molecule has 0 atom stereocenters. The average molecular weight is 185 g/mol. The first kappa shape index (κ1) is 12.6. The van der Waals surface area contributed by atoms with Crippen LogP contribution in [-0.2, 0) is 9.90 Å². The Hall–Kier alpha value is -0.370. The molecule has 0 rings (SSSR count). The summed E-state index contributed by atoms with van der Waals surface area (Å²) in [6.07, 6.45) is 8.91. The van der Waals surface area contributed by atoms with Crippen LogP contribution < -0.4 is 0 Å². The lowest BCUT2D eigenvalue weighted by Gasteiger charge is -1.99. The predicted octanol–water partition coefficient (Wildman–Crippen LogP) is 3.13. The quantitative estimate of drug-likeness (QED) is 0.508. The van der Waals surface area contributed by atoms with Crippen molar-refractivity contribution in [3.63, 3.8) is 0 Å². The molecule has 0 aliphatic rings. The second-order valence-corrected chi connectivity index (χ2v) is 3.55. The van der Waals surface area contributed by atoms with Crippen LogP contribution in [0, 0.1) is 0 Å². The van der Waals surface area contributed by atoms with Crippen molar-refractivity contribution in [1.29, 1.82) is 0 Å². The van der Waals surface area contributed by atoms with E-state index < -0.39 is 6.61 Å². The van der Waals surface area contributed by atoms with Crippen LogP contribution in [0.15, 0.2) is 0 Å². The van der Waals surface area contributed by atoms with Gasteiger partial charge in [-0.3, -0.25) is 4.79 Å². The highest BCUT2D eigenvalue weighted by Gasteiger charge is 1.98. The van der Waals surface area contributed by atoms with Crippen LogP contribution in [0.25, 0.3) is 0 Å². The molecule has 0 aliphatic heterocycles. The van der Waals surface area contributed by atoms with Gasteiger partial charge in [-0.1, -0.05) is 45.4 Å². The smallest absolute Gasteiger partial charge is 0.161 e. The van der Waals surface area contributed by atoms with Crippen molar-refractivity contribution in [2.75, 3.05) is 6.61 Å². The standard InChI is InChI=1S/C11H21O2/c1-2-3-4-5-6-7-8-9-11(13)10-12/h2-10H2,1H3. The molecule has 2 nitrogen and oxygen atoms in total. The fourth-order valence-corrected chi connectivity index (χ4v) is 1.35. The fourth-order valence-electron chi connectivity index (χ4n) is 1.35. The van der Waals surface area contributed by atoms with Crippen molar-refractivity contribution < 1.29 is 9.90 Å². The van der Waals surface area contributed by atoms with Crippen molar-refractivity contribution in [2.45, 2.75) is 58.3 Å². The maximum atomic E-state index is 10.6. The fraction of sp³-hybridized carbons (Fsp3) is 0.909. The zero-order valence-corrected chi connectivity index (χ0v) is 8.68. The predicted molar refractivity (Wildman–Crippen MR) is 53.2 cm³/mol. The minimum atomic E-state index is -0.532. The van der Waals surface area contributed by atoms with Gasteiger partial charge in [-0.05, 0) is 6.42 Å². The van der Waals surface area contributed by atoms with Crippen molar-refractivity contribution >= 4 is 5.78 Å². The molecular formula is C11H21O2. The first-order chi connectivity index (χ1) is 6.31. The summed E-state index contributed by atoms with van der Waals surface area (Å²) in [4.78, 5) is 10.6. The first-order valence-corrected chi connectivity index (χ1v) is 5.41. The second kappa shape index (κ2) is 9.72. The van der Waals surface area contributed by atoms with Crippen LogP contribution in [0.3, 0.4) is 0 Å². The summed E-state index contributed by atoms with van der Waals surface area (Å²) in [5, 5.41) is 10.1. The van der Waals surface area contributed by atoms with E-state index >= 15 is 0 Å². The average Bonchev–Trinajstić information content (AvgIpc) is 2.16. The van der Waals surface area contributed by atoms with Crippen LogP contribution in [0.1, 0.15) is 58.3 Å². The Bertz CT molecular complexity index is 121. The first-order valence-electron chi connectivity index (χ1n) is 5.41. The van der Waals surface area contributed by atoms with Gasteiger partial charge in [-0.15, -0.1) is 0 Å². The molecule has 0 bridgehead atoms. The molecule has 0 heterocycles. The molecule has 0 aliphatic carbocycles. The number of hydrogen-bond acceptors (Lipinski definition) is 1. The van der Waals surface area contributed by atoms with Gasteiger partial charge >= 0.3 is 0 Å². The van der Waals surface area contributed by atoms with Crippen molar-refractivity contribution in [3.8, 4) is 0 Å². The Morgan fingerprint density at radius 1 is 0.923 bits per heavy atom. The molecule has 0 saturated heterocycles. The highest BCUT2D eigenvalue weighted by Crippen LogP contribution is 2.08. The number of rotatable bonds is 9. The number of hydrogen-bond donors (Lipinski definition) is 0. The lowest BCUT2D eigenvalue weighted by atomic mass is 10.1. The highest BCUT2D eigenvalue weighted by atomic mass is 16.3. The molecule has 0 spiro atoms. The molecule has 0 N–H and O–H groups in total. The Kier molecular flexibility index (Phi) is 9.44. The molecule has 1 radical (unpaired) electrons. The van der Waals surface area contributed by atoms with Crippen LogP contribution >= 0.6 is 0 Å². The zero-order valence-electron chi connectivity index (χ0n) is 8.68. The van der Waals surface area contributed by atoms with E-state index in [9.17, 15) is 9.90 Å². The SMILES string of the molecule is CCCCCCCCCC(=O)C[O]. The number of ketones is 1. The van der Waals surface area contributed by atoms with E-state index in [4.69, 9.17) is 0 Å². The molecule has 0 aromatic rings. The highest BCUT2D eigenvalue weighted by molar-refractivity contribution is 5.79. The summed E-state index contributed by atoms with van der Waals surface area (Å²) in [5.41, 5.74) is 0. The summed E-state index contributed by atoms with van der Waals surface area (Å²) in [6.45, 7) is 1.67. The summed E-state index contributed by atoms with van der Waals surface area (Å²) < 4.78 is 0. The molecule has 13 heavy (non-hydrogen) atoms. The maximum absolute atomic E-state index is 10.6. The second-order valence-electron chi connectivity index (χ2n) is 3.55. The molecule has 0 unspecified atom stereocenters. The molecular weight excluding hydrogens is 164 g/mol. The van der Waals surface area contributed by atoms with Crippen molar-refractivity contribution in [1.82, 2.24) is 0 Å². The molecule has 0 aromatic heterocycles. The summed E-state index contributed by atoms with van der Waals surface area (Å²) in [6, 6.07) is 0. The van der Waals surface area contributed by atoms with Gasteiger partial charge in [-0.25, -0.2) is 5.11 Å². The van der Waals surface area contributed by atoms with E-state index in [2.05, 4.69) is 6.92 Å². The molecule has 0 aromatic carbocycles. The van der Waals surface area contributed by atoms with Gasteiger partial charge in [0.2, 0.25) is 0 Å². The molecule has 0 fully saturated rings. The maximum Gasteiger partial charge on any atom is 0.161 e. The van der Waals surface area contributed by atoms with E-state index in [0.29, 0.717) is 6.42 Å². The van der Waals surface area contributed by atoms with E-state index in [1.165, 1.54) is 32.1 Å². The lowest BCUT2D eigenvalue weighted by Crippen LogP contribution is -2.01. The lowest BCUT2D eigenvalue weighted by molar-refractivity contribution is -0.123. The van der Waals surface area contributed by atoms with Gasteiger partial charge in [0.05, 0.1) is 0 Å². The monoisotopic (exact) mass is 185 g/mol.